The van der Waals surface area contributed by atoms with Crippen molar-refractivity contribution in [3.8, 4) is 0 Å². The van der Waals surface area contributed by atoms with Crippen molar-refractivity contribution in [3.05, 3.63) is 35.9 Å². The lowest BCUT2D eigenvalue weighted by atomic mass is 10.2. The Labute approximate surface area is 87.1 Å². The summed E-state index contributed by atoms with van der Waals surface area (Å²) in [6.45, 7) is 5.81. The van der Waals surface area contributed by atoms with Gasteiger partial charge in [-0.2, -0.15) is 0 Å². The van der Waals surface area contributed by atoms with E-state index in [2.05, 4.69) is 43.4 Å². The van der Waals surface area contributed by atoms with E-state index in [1.54, 1.807) is 0 Å². The highest BCUT2D eigenvalue weighted by Gasteiger charge is 2.36. The van der Waals surface area contributed by atoms with Crippen LogP contribution in [0.5, 0.6) is 0 Å². The maximum atomic E-state index is 5.94. The second-order valence-corrected chi connectivity index (χ2v) is 9.76. The Bertz CT molecular complexity index is 294. The summed E-state index contributed by atoms with van der Waals surface area (Å²) >= 11 is 0. The molecule has 1 aliphatic heterocycles. The van der Waals surface area contributed by atoms with Crippen molar-refractivity contribution in [2.45, 2.75) is 31.3 Å². The van der Waals surface area contributed by atoms with Crippen molar-refractivity contribution in [3.63, 3.8) is 0 Å². The van der Waals surface area contributed by atoms with Gasteiger partial charge >= 0.3 is 0 Å². The Morgan fingerprint density at radius 2 is 1.93 bits per heavy atom. The standard InChI is InChI=1S/C12H18OSi/c1-14(2)10-6-9-13-12(14)11-7-4-3-5-8-11/h3-5,7-8,12H,6,9-10H2,1-2H3. The molecule has 0 N–H and O–H groups in total. The van der Waals surface area contributed by atoms with Gasteiger partial charge in [0.1, 0.15) is 0 Å². The first-order valence-corrected chi connectivity index (χ1v) is 8.65. The van der Waals surface area contributed by atoms with Crippen LogP contribution in [-0.4, -0.2) is 14.7 Å². The van der Waals surface area contributed by atoms with E-state index in [4.69, 9.17) is 4.74 Å². The zero-order chi connectivity index (χ0) is 10.0. The first-order valence-electron chi connectivity index (χ1n) is 5.37. The largest absolute Gasteiger partial charge is 0.377 e. The predicted octanol–water partition coefficient (Wildman–Crippen LogP) is 3.40. The smallest absolute Gasteiger partial charge is 0.0873 e. The molecule has 0 bridgehead atoms. The molecule has 1 heterocycles. The lowest BCUT2D eigenvalue weighted by molar-refractivity contribution is 0.0869. The normalized spacial score (nSPS) is 26.0. The lowest BCUT2D eigenvalue weighted by Crippen LogP contribution is -2.40. The molecule has 2 rings (SSSR count). The first kappa shape index (κ1) is 9.93. The molecule has 76 valence electrons. The zero-order valence-electron chi connectivity index (χ0n) is 8.99. The summed E-state index contributed by atoms with van der Waals surface area (Å²) in [5.74, 6) is 0. The van der Waals surface area contributed by atoms with Crippen LogP contribution < -0.4 is 0 Å². The predicted molar refractivity (Wildman–Crippen MR) is 62.0 cm³/mol. The molecular weight excluding hydrogens is 188 g/mol. The Hall–Kier alpha value is -0.603. The number of ether oxygens (including phenoxy) is 1. The van der Waals surface area contributed by atoms with E-state index in [0.29, 0.717) is 5.73 Å². The quantitative estimate of drug-likeness (QED) is 0.640. The van der Waals surface area contributed by atoms with Gasteiger partial charge < -0.3 is 4.74 Å². The van der Waals surface area contributed by atoms with Gasteiger partial charge in [-0.3, -0.25) is 0 Å². The van der Waals surface area contributed by atoms with Crippen LogP contribution in [0.2, 0.25) is 19.1 Å². The third-order valence-corrected chi connectivity index (χ3v) is 6.62. The minimum absolute atomic E-state index is 0.414. The molecule has 1 aromatic rings. The van der Waals surface area contributed by atoms with Crippen LogP contribution in [-0.2, 0) is 4.74 Å². The minimum Gasteiger partial charge on any atom is -0.377 e. The van der Waals surface area contributed by atoms with E-state index >= 15 is 0 Å². The average Bonchev–Trinajstić information content (AvgIpc) is 2.18. The Kier molecular flexibility index (Phi) is 2.75. The summed E-state index contributed by atoms with van der Waals surface area (Å²) in [4.78, 5) is 0. The molecular formula is C12H18OSi. The van der Waals surface area contributed by atoms with Crippen LogP contribution >= 0.6 is 0 Å². The van der Waals surface area contributed by atoms with Gasteiger partial charge in [0.25, 0.3) is 0 Å². The highest BCUT2D eigenvalue weighted by molar-refractivity contribution is 6.78. The molecule has 0 saturated carbocycles. The average molecular weight is 206 g/mol. The van der Waals surface area contributed by atoms with Crippen LogP contribution in [0.4, 0.5) is 0 Å². The van der Waals surface area contributed by atoms with Gasteiger partial charge in [0.05, 0.1) is 13.8 Å². The van der Waals surface area contributed by atoms with Crippen molar-refractivity contribution >= 4 is 8.07 Å². The lowest BCUT2D eigenvalue weighted by Gasteiger charge is -2.37. The van der Waals surface area contributed by atoms with E-state index < -0.39 is 8.07 Å². The van der Waals surface area contributed by atoms with Gasteiger partial charge in [-0.15, -0.1) is 0 Å². The van der Waals surface area contributed by atoms with Crippen molar-refractivity contribution in [2.24, 2.45) is 0 Å². The highest BCUT2D eigenvalue weighted by Crippen LogP contribution is 2.35. The summed E-state index contributed by atoms with van der Waals surface area (Å²) in [6.07, 6.45) is 1.25. The van der Waals surface area contributed by atoms with Crippen LogP contribution in [0, 0.1) is 0 Å². The van der Waals surface area contributed by atoms with Gasteiger partial charge in [0.2, 0.25) is 0 Å². The summed E-state index contributed by atoms with van der Waals surface area (Å²) in [5, 5.41) is 0. The summed E-state index contributed by atoms with van der Waals surface area (Å²) in [6, 6.07) is 12.1. The molecule has 1 aromatic carbocycles. The second-order valence-electron chi connectivity index (χ2n) is 4.75. The maximum Gasteiger partial charge on any atom is 0.0873 e. The van der Waals surface area contributed by atoms with Crippen molar-refractivity contribution < 1.29 is 4.74 Å². The summed E-state index contributed by atoms with van der Waals surface area (Å²) in [7, 11) is -1.18. The molecule has 14 heavy (non-hydrogen) atoms. The molecule has 1 nitrogen and oxygen atoms in total. The number of hydrogen-bond donors (Lipinski definition) is 0. The molecule has 2 heteroatoms. The van der Waals surface area contributed by atoms with Crippen LogP contribution in [0.1, 0.15) is 17.7 Å². The van der Waals surface area contributed by atoms with E-state index in [1.807, 2.05) is 0 Å². The minimum atomic E-state index is -1.18. The molecule has 0 spiro atoms. The molecule has 1 aliphatic rings. The molecule has 0 aromatic heterocycles. The third kappa shape index (κ3) is 1.91. The first-order chi connectivity index (χ1) is 6.70. The second kappa shape index (κ2) is 3.87. The molecule has 1 saturated heterocycles. The fraction of sp³-hybridized carbons (Fsp3) is 0.500. The number of hydrogen-bond acceptors (Lipinski definition) is 1. The van der Waals surface area contributed by atoms with E-state index in [-0.39, 0.29) is 0 Å². The van der Waals surface area contributed by atoms with Crippen molar-refractivity contribution in [2.75, 3.05) is 6.61 Å². The third-order valence-electron chi connectivity index (χ3n) is 3.06. The molecule has 0 radical (unpaired) electrons. The SMILES string of the molecule is C[Si]1(C)CCCOC1c1ccccc1. The monoisotopic (exact) mass is 206 g/mol. The summed E-state index contributed by atoms with van der Waals surface area (Å²) in [5.41, 5.74) is 1.79. The van der Waals surface area contributed by atoms with Crippen LogP contribution in [0.15, 0.2) is 30.3 Å². The van der Waals surface area contributed by atoms with E-state index in [9.17, 15) is 0 Å². The van der Waals surface area contributed by atoms with E-state index in [0.717, 1.165) is 6.61 Å². The van der Waals surface area contributed by atoms with E-state index in [1.165, 1.54) is 18.0 Å². The van der Waals surface area contributed by atoms with Crippen LogP contribution in [0.3, 0.4) is 0 Å². The van der Waals surface area contributed by atoms with Gasteiger partial charge in [-0.1, -0.05) is 49.5 Å². The molecule has 1 atom stereocenters. The topological polar surface area (TPSA) is 9.23 Å². The maximum absolute atomic E-state index is 5.94. The van der Waals surface area contributed by atoms with Crippen molar-refractivity contribution in [1.82, 2.24) is 0 Å². The molecule has 1 unspecified atom stereocenters. The zero-order valence-corrected chi connectivity index (χ0v) is 9.99. The number of benzene rings is 1. The fourth-order valence-electron chi connectivity index (χ4n) is 2.26. The van der Waals surface area contributed by atoms with Gasteiger partial charge in [0.15, 0.2) is 0 Å². The van der Waals surface area contributed by atoms with Gasteiger partial charge in [-0.25, -0.2) is 0 Å². The van der Waals surface area contributed by atoms with Crippen molar-refractivity contribution in [1.29, 1.82) is 0 Å². The highest BCUT2D eigenvalue weighted by atomic mass is 28.3. The molecule has 0 amide bonds. The molecule has 1 fully saturated rings. The van der Waals surface area contributed by atoms with Gasteiger partial charge in [-0.05, 0) is 12.0 Å². The van der Waals surface area contributed by atoms with Crippen LogP contribution in [0.25, 0.3) is 0 Å². The fourth-order valence-corrected chi connectivity index (χ4v) is 5.24. The Balaban J connectivity index is 2.24. The Morgan fingerprint density at radius 1 is 1.21 bits per heavy atom. The molecule has 0 aliphatic carbocycles. The summed E-state index contributed by atoms with van der Waals surface area (Å²) < 4.78 is 5.94. The number of rotatable bonds is 1. The Morgan fingerprint density at radius 3 is 2.57 bits per heavy atom. The van der Waals surface area contributed by atoms with Gasteiger partial charge in [0, 0.05) is 6.61 Å².